The lowest BCUT2D eigenvalue weighted by Crippen LogP contribution is -2.15. The quantitative estimate of drug-likeness (QED) is 0.684. The number of nitrogens with one attached hydrogen (secondary N) is 1. The molecule has 0 unspecified atom stereocenters. The Balaban J connectivity index is 2.37. The van der Waals surface area contributed by atoms with Crippen molar-refractivity contribution in [3.05, 3.63) is 63.4 Å². The minimum absolute atomic E-state index is 0.0934. The summed E-state index contributed by atoms with van der Waals surface area (Å²) in [7, 11) is 0. The molecule has 0 atom stereocenters. The predicted octanol–water partition coefficient (Wildman–Crippen LogP) is 4.19. The minimum atomic E-state index is -0.637. The SMILES string of the molecule is CCOC(=O)c1cc(NC(=O)c2ccc(F)cc2Br)cc(C(=O)OCC)c1. The van der Waals surface area contributed by atoms with Crippen LogP contribution >= 0.6 is 15.9 Å². The summed E-state index contributed by atoms with van der Waals surface area (Å²) >= 11 is 3.13. The summed E-state index contributed by atoms with van der Waals surface area (Å²) in [4.78, 5) is 36.5. The maximum Gasteiger partial charge on any atom is 0.338 e. The third kappa shape index (κ3) is 5.37. The van der Waals surface area contributed by atoms with Crippen LogP contribution in [0.5, 0.6) is 0 Å². The first-order valence-corrected chi connectivity index (χ1v) is 8.90. The lowest BCUT2D eigenvalue weighted by atomic mass is 10.1. The Hall–Kier alpha value is -2.74. The fraction of sp³-hybridized carbons (Fsp3) is 0.211. The Morgan fingerprint density at radius 2 is 1.52 bits per heavy atom. The van der Waals surface area contributed by atoms with Gasteiger partial charge < -0.3 is 14.8 Å². The van der Waals surface area contributed by atoms with E-state index in [-0.39, 0.29) is 40.1 Å². The molecule has 0 bridgehead atoms. The van der Waals surface area contributed by atoms with E-state index in [0.29, 0.717) is 0 Å². The highest BCUT2D eigenvalue weighted by atomic mass is 79.9. The molecule has 0 spiro atoms. The van der Waals surface area contributed by atoms with Crippen LogP contribution in [-0.2, 0) is 9.47 Å². The summed E-state index contributed by atoms with van der Waals surface area (Å²) in [5.74, 6) is -2.31. The lowest BCUT2D eigenvalue weighted by molar-refractivity contribution is 0.0525. The van der Waals surface area contributed by atoms with Crippen LogP contribution in [0.3, 0.4) is 0 Å². The van der Waals surface area contributed by atoms with Crippen molar-refractivity contribution in [1.29, 1.82) is 0 Å². The first-order valence-electron chi connectivity index (χ1n) is 8.11. The second-order valence-electron chi connectivity index (χ2n) is 5.32. The van der Waals surface area contributed by atoms with Crippen LogP contribution in [0.15, 0.2) is 40.9 Å². The van der Waals surface area contributed by atoms with Gasteiger partial charge in [-0.2, -0.15) is 0 Å². The van der Waals surface area contributed by atoms with E-state index in [4.69, 9.17) is 9.47 Å². The van der Waals surface area contributed by atoms with Gasteiger partial charge in [-0.05, 0) is 66.2 Å². The zero-order valence-corrected chi connectivity index (χ0v) is 16.3. The van der Waals surface area contributed by atoms with E-state index in [0.717, 1.165) is 12.1 Å². The monoisotopic (exact) mass is 437 g/mol. The van der Waals surface area contributed by atoms with Gasteiger partial charge in [0, 0.05) is 10.2 Å². The van der Waals surface area contributed by atoms with Gasteiger partial charge >= 0.3 is 11.9 Å². The van der Waals surface area contributed by atoms with E-state index in [2.05, 4.69) is 21.2 Å². The standard InChI is InChI=1S/C19H17BrFNO5/c1-3-26-18(24)11-7-12(19(25)27-4-2)9-14(8-11)22-17(23)15-6-5-13(21)10-16(15)20/h5-10H,3-4H2,1-2H3,(H,22,23). The topological polar surface area (TPSA) is 81.7 Å². The third-order valence-corrected chi connectivity index (χ3v) is 4.04. The Morgan fingerprint density at radius 1 is 0.963 bits per heavy atom. The van der Waals surface area contributed by atoms with E-state index in [1.807, 2.05) is 0 Å². The molecule has 1 N–H and O–H groups in total. The number of benzene rings is 2. The number of rotatable bonds is 6. The van der Waals surface area contributed by atoms with E-state index in [9.17, 15) is 18.8 Å². The molecule has 2 rings (SSSR count). The maximum absolute atomic E-state index is 13.2. The molecule has 0 aliphatic rings. The number of esters is 2. The van der Waals surface area contributed by atoms with Crippen LogP contribution in [0, 0.1) is 5.82 Å². The molecule has 8 heteroatoms. The number of hydrogen-bond acceptors (Lipinski definition) is 5. The Labute approximate surface area is 163 Å². The molecule has 0 aliphatic heterocycles. The van der Waals surface area contributed by atoms with Crippen molar-refractivity contribution in [1.82, 2.24) is 0 Å². The molecule has 0 fully saturated rings. The zero-order chi connectivity index (χ0) is 20.0. The summed E-state index contributed by atoms with van der Waals surface area (Å²) in [6.45, 7) is 3.63. The van der Waals surface area contributed by atoms with Crippen LogP contribution in [-0.4, -0.2) is 31.1 Å². The van der Waals surface area contributed by atoms with Gasteiger partial charge in [-0.3, -0.25) is 4.79 Å². The van der Waals surface area contributed by atoms with Gasteiger partial charge in [0.25, 0.3) is 5.91 Å². The molecule has 142 valence electrons. The minimum Gasteiger partial charge on any atom is -0.462 e. The molecule has 0 heterocycles. The summed E-state index contributed by atoms with van der Waals surface area (Å²) in [6.07, 6.45) is 0. The fourth-order valence-corrected chi connectivity index (χ4v) is 2.77. The van der Waals surface area contributed by atoms with Crippen molar-refractivity contribution in [2.45, 2.75) is 13.8 Å². The summed E-state index contributed by atoms with van der Waals surface area (Å²) in [6, 6.07) is 7.73. The second kappa shape index (κ2) is 9.27. The van der Waals surface area contributed by atoms with Crippen molar-refractivity contribution in [3.8, 4) is 0 Å². The zero-order valence-electron chi connectivity index (χ0n) is 14.7. The van der Waals surface area contributed by atoms with Gasteiger partial charge in [-0.1, -0.05) is 0 Å². The number of halogens is 2. The first kappa shape index (κ1) is 20.6. The van der Waals surface area contributed by atoms with E-state index in [1.54, 1.807) is 13.8 Å². The second-order valence-corrected chi connectivity index (χ2v) is 6.17. The number of carbonyl (C=O) groups is 3. The van der Waals surface area contributed by atoms with Gasteiger partial charge in [0.1, 0.15) is 5.82 Å². The molecule has 2 aromatic carbocycles. The van der Waals surface area contributed by atoms with Crippen LogP contribution in [0.4, 0.5) is 10.1 Å². The molecule has 0 radical (unpaired) electrons. The molecule has 27 heavy (non-hydrogen) atoms. The molecule has 0 saturated carbocycles. The van der Waals surface area contributed by atoms with Crippen LogP contribution in [0.1, 0.15) is 44.9 Å². The average molecular weight is 438 g/mol. The third-order valence-electron chi connectivity index (χ3n) is 3.39. The molecule has 0 aliphatic carbocycles. The van der Waals surface area contributed by atoms with Gasteiger partial charge in [0.2, 0.25) is 0 Å². The maximum atomic E-state index is 13.2. The van der Waals surface area contributed by atoms with Crippen molar-refractivity contribution in [2.75, 3.05) is 18.5 Å². The van der Waals surface area contributed by atoms with E-state index in [1.165, 1.54) is 24.3 Å². The van der Waals surface area contributed by atoms with Crippen LogP contribution < -0.4 is 5.32 Å². The summed E-state index contributed by atoms with van der Waals surface area (Å²) in [5, 5.41) is 2.59. The van der Waals surface area contributed by atoms with Crippen molar-refractivity contribution in [2.24, 2.45) is 0 Å². The first-order chi connectivity index (χ1) is 12.8. The van der Waals surface area contributed by atoms with Crippen molar-refractivity contribution in [3.63, 3.8) is 0 Å². The number of amides is 1. The molecule has 2 aromatic rings. The van der Waals surface area contributed by atoms with Gasteiger partial charge in [-0.25, -0.2) is 14.0 Å². The Morgan fingerprint density at radius 3 is 2.00 bits per heavy atom. The lowest BCUT2D eigenvalue weighted by Gasteiger charge is -2.11. The Bertz CT molecular complexity index is 848. The highest BCUT2D eigenvalue weighted by Crippen LogP contribution is 2.22. The molecule has 1 amide bonds. The predicted molar refractivity (Wildman–Crippen MR) is 100 cm³/mol. The van der Waals surface area contributed by atoms with Gasteiger partial charge in [-0.15, -0.1) is 0 Å². The molecular formula is C19H17BrFNO5. The van der Waals surface area contributed by atoms with Gasteiger partial charge in [0.15, 0.2) is 0 Å². The molecule has 0 aromatic heterocycles. The number of ether oxygens (including phenoxy) is 2. The number of hydrogen-bond donors (Lipinski definition) is 1. The normalized spacial score (nSPS) is 10.2. The largest absolute Gasteiger partial charge is 0.462 e. The average Bonchev–Trinajstić information content (AvgIpc) is 2.61. The summed E-state index contributed by atoms with van der Waals surface area (Å²) in [5.41, 5.74) is 0.576. The molecular weight excluding hydrogens is 421 g/mol. The van der Waals surface area contributed by atoms with Gasteiger partial charge in [0.05, 0.1) is 29.9 Å². The van der Waals surface area contributed by atoms with Crippen LogP contribution in [0.25, 0.3) is 0 Å². The van der Waals surface area contributed by atoms with Crippen molar-refractivity contribution >= 4 is 39.5 Å². The molecule has 6 nitrogen and oxygen atoms in total. The van der Waals surface area contributed by atoms with E-state index < -0.39 is 23.7 Å². The van der Waals surface area contributed by atoms with Crippen molar-refractivity contribution < 1.29 is 28.2 Å². The smallest absolute Gasteiger partial charge is 0.338 e. The highest BCUT2D eigenvalue weighted by molar-refractivity contribution is 9.10. The fourth-order valence-electron chi connectivity index (χ4n) is 2.24. The molecule has 0 saturated heterocycles. The highest BCUT2D eigenvalue weighted by Gasteiger charge is 2.17. The van der Waals surface area contributed by atoms with Crippen LogP contribution in [0.2, 0.25) is 0 Å². The van der Waals surface area contributed by atoms with E-state index >= 15 is 0 Å². The number of anilines is 1. The Kier molecular flexibility index (Phi) is 7.06. The number of carbonyl (C=O) groups excluding carboxylic acids is 3. The summed E-state index contributed by atoms with van der Waals surface area (Å²) < 4.78 is 23.4.